The average molecular weight is 281 g/mol. The van der Waals surface area contributed by atoms with Gasteiger partial charge in [0.25, 0.3) is 0 Å². The van der Waals surface area contributed by atoms with E-state index in [1.807, 2.05) is 54.6 Å². The Morgan fingerprint density at radius 3 is 2.45 bits per heavy atom. The van der Waals surface area contributed by atoms with E-state index in [2.05, 4.69) is 9.97 Å². The lowest BCUT2D eigenvalue weighted by Crippen LogP contribution is -1.85. The third-order valence-electron chi connectivity index (χ3n) is 3.20. The highest BCUT2D eigenvalue weighted by atomic mass is 35.5. The molecule has 2 aromatic heterocycles. The molecular formula is C16H9ClN2O. The summed E-state index contributed by atoms with van der Waals surface area (Å²) in [7, 11) is 0. The Bertz CT molecular complexity index is 897. The van der Waals surface area contributed by atoms with Crippen molar-refractivity contribution in [3.8, 4) is 11.5 Å². The van der Waals surface area contributed by atoms with Gasteiger partial charge in [0.2, 0.25) is 5.89 Å². The first-order valence-electron chi connectivity index (χ1n) is 6.22. The quantitative estimate of drug-likeness (QED) is 0.475. The third kappa shape index (κ3) is 1.75. The van der Waals surface area contributed by atoms with E-state index in [4.69, 9.17) is 16.0 Å². The Kier molecular flexibility index (Phi) is 2.47. The summed E-state index contributed by atoms with van der Waals surface area (Å²) in [6.07, 6.45) is 0. The number of fused-ring (bicyclic) bond motifs is 2. The van der Waals surface area contributed by atoms with Crippen molar-refractivity contribution in [2.75, 3.05) is 0 Å². The molecule has 0 fully saturated rings. The first-order valence-corrected chi connectivity index (χ1v) is 6.60. The molecule has 0 bridgehead atoms. The number of nitrogens with zero attached hydrogens (tertiary/aromatic N) is 2. The van der Waals surface area contributed by atoms with Crippen LogP contribution >= 0.6 is 11.6 Å². The molecule has 0 aliphatic carbocycles. The van der Waals surface area contributed by atoms with Gasteiger partial charge in [-0.2, -0.15) is 0 Å². The van der Waals surface area contributed by atoms with Crippen molar-refractivity contribution >= 4 is 33.6 Å². The minimum atomic E-state index is 0.398. The Balaban J connectivity index is 1.98. The van der Waals surface area contributed by atoms with E-state index in [9.17, 15) is 0 Å². The monoisotopic (exact) mass is 280 g/mol. The molecule has 0 radical (unpaired) electrons. The molecule has 2 heterocycles. The molecule has 2 aromatic carbocycles. The molecule has 96 valence electrons. The highest BCUT2D eigenvalue weighted by molar-refractivity contribution is 6.32. The number of hydrogen-bond donors (Lipinski definition) is 0. The highest BCUT2D eigenvalue weighted by Crippen LogP contribution is 2.31. The zero-order chi connectivity index (χ0) is 13.5. The maximum atomic E-state index is 6.25. The number of pyridine rings is 1. The second-order valence-corrected chi connectivity index (χ2v) is 4.86. The Morgan fingerprint density at radius 1 is 0.850 bits per heavy atom. The van der Waals surface area contributed by atoms with E-state index < -0.39 is 0 Å². The van der Waals surface area contributed by atoms with Crippen LogP contribution in [0.4, 0.5) is 0 Å². The topological polar surface area (TPSA) is 38.9 Å². The molecule has 4 rings (SSSR count). The summed E-state index contributed by atoms with van der Waals surface area (Å²) >= 11 is 6.25. The van der Waals surface area contributed by atoms with E-state index in [0.29, 0.717) is 16.6 Å². The van der Waals surface area contributed by atoms with Crippen LogP contribution in [0.15, 0.2) is 59.0 Å². The van der Waals surface area contributed by atoms with Gasteiger partial charge in [0.1, 0.15) is 10.7 Å². The minimum Gasteiger partial charge on any atom is -0.436 e. The number of oxazole rings is 1. The van der Waals surface area contributed by atoms with Crippen molar-refractivity contribution < 1.29 is 4.42 Å². The van der Waals surface area contributed by atoms with Gasteiger partial charge in [-0.05, 0) is 24.3 Å². The largest absolute Gasteiger partial charge is 0.436 e. The summed E-state index contributed by atoms with van der Waals surface area (Å²) < 4.78 is 5.75. The van der Waals surface area contributed by atoms with Gasteiger partial charge in [-0.3, -0.25) is 0 Å². The lowest BCUT2D eigenvalue weighted by atomic mass is 10.1. The lowest BCUT2D eigenvalue weighted by molar-refractivity contribution is 0.619. The molecule has 0 saturated heterocycles. The minimum absolute atomic E-state index is 0.398. The summed E-state index contributed by atoms with van der Waals surface area (Å²) in [5, 5.41) is 1.41. The van der Waals surface area contributed by atoms with E-state index >= 15 is 0 Å². The first-order chi connectivity index (χ1) is 9.81. The van der Waals surface area contributed by atoms with Gasteiger partial charge < -0.3 is 4.42 Å². The molecule has 0 atom stereocenters. The predicted octanol–water partition coefficient (Wildman–Crippen LogP) is 4.70. The van der Waals surface area contributed by atoms with Crippen molar-refractivity contribution in [2.24, 2.45) is 0 Å². The summed E-state index contributed by atoms with van der Waals surface area (Å²) in [4.78, 5) is 8.85. The zero-order valence-corrected chi connectivity index (χ0v) is 11.1. The van der Waals surface area contributed by atoms with Crippen LogP contribution in [-0.2, 0) is 0 Å². The molecule has 0 saturated carbocycles. The van der Waals surface area contributed by atoms with E-state index in [-0.39, 0.29) is 0 Å². The van der Waals surface area contributed by atoms with Gasteiger partial charge in [0.05, 0.1) is 11.1 Å². The highest BCUT2D eigenvalue weighted by Gasteiger charge is 2.13. The molecule has 4 aromatic rings. The summed E-state index contributed by atoms with van der Waals surface area (Å²) in [5.74, 6) is 0.495. The number of para-hydroxylation sites is 3. The summed E-state index contributed by atoms with van der Waals surface area (Å²) in [6.45, 7) is 0. The fourth-order valence-corrected chi connectivity index (χ4v) is 2.46. The number of aromatic nitrogens is 2. The second kappa shape index (κ2) is 4.32. The van der Waals surface area contributed by atoms with Crippen LogP contribution in [0.5, 0.6) is 0 Å². The van der Waals surface area contributed by atoms with E-state index in [1.54, 1.807) is 0 Å². The molecular weight excluding hydrogens is 272 g/mol. The van der Waals surface area contributed by atoms with Crippen LogP contribution in [0.2, 0.25) is 5.15 Å². The normalized spacial score (nSPS) is 11.2. The molecule has 3 nitrogen and oxygen atoms in total. The first kappa shape index (κ1) is 11.4. The van der Waals surface area contributed by atoms with Crippen LogP contribution in [0.25, 0.3) is 33.5 Å². The number of rotatable bonds is 1. The molecule has 0 amide bonds. The van der Waals surface area contributed by atoms with Crippen LogP contribution in [0.3, 0.4) is 0 Å². The fraction of sp³-hybridized carbons (Fsp3) is 0. The van der Waals surface area contributed by atoms with Crippen LogP contribution in [0.1, 0.15) is 0 Å². The Labute approximate surface area is 119 Å². The third-order valence-corrected chi connectivity index (χ3v) is 3.49. The van der Waals surface area contributed by atoms with Gasteiger partial charge in [0.15, 0.2) is 5.58 Å². The van der Waals surface area contributed by atoms with Crippen molar-refractivity contribution in [3.63, 3.8) is 0 Å². The maximum absolute atomic E-state index is 6.25. The number of halogens is 1. The molecule has 0 aliphatic heterocycles. The number of hydrogen-bond acceptors (Lipinski definition) is 3. The van der Waals surface area contributed by atoms with Gasteiger partial charge in [-0.15, -0.1) is 0 Å². The Morgan fingerprint density at radius 2 is 1.60 bits per heavy atom. The predicted molar refractivity (Wildman–Crippen MR) is 79.8 cm³/mol. The average Bonchev–Trinajstić information content (AvgIpc) is 2.90. The molecule has 0 spiro atoms. The molecule has 0 N–H and O–H groups in total. The van der Waals surface area contributed by atoms with Crippen LogP contribution in [0, 0.1) is 0 Å². The maximum Gasteiger partial charge on any atom is 0.230 e. The van der Waals surface area contributed by atoms with Gasteiger partial charge in [0, 0.05) is 5.39 Å². The van der Waals surface area contributed by atoms with Crippen LogP contribution in [-0.4, -0.2) is 9.97 Å². The molecule has 0 unspecified atom stereocenters. The smallest absolute Gasteiger partial charge is 0.230 e. The van der Waals surface area contributed by atoms with E-state index in [1.165, 1.54) is 0 Å². The fourth-order valence-electron chi connectivity index (χ4n) is 2.23. The van der Waals surface area contributed by atoms with Gasteiger partial charge >= 0.3 is 0 Å². The van der Waals surface area contributed by atoms with E-state index in [0.717, 1.165) is 22.0 Å². The molecule has 0 aliphatic rings. The SMILES string of the molecule is Clc1nc2ccccc2cc1-c1nc2ccccc2o1. The van der Waals surface area contributed by atoms with Crippen LogP contribution < -0.4 is 0 Å². The van der Waals surface area contributed by atoms with Gasteiger partial charge in [-0.1, -0.05) is 41.9 Å². The van der Waals surface area contributed by atoms with Crippen molar-refractivity contribution in [2.45, 2.75) is 0 Å². The van der Waals surface area contributed by atoms with Gasteiger partial charge in [-0.25, -0.2) is 9.97 Å². The lowest BCUT2D eigenvalue weighted by Gasteiger charge is -2.02. The van der Waals surface area contributed by atoms with Crippen molar-refractivity contribution in [3.05, 3.63) is 59.8 Å². The zero-order valence-electron chi connectivity index (χ0n) is 10.4. The molecule has 20 heavy (non-hydrogen) atoms. The number of benzene rings is 2. The summed E-state index contributed by atoms with van der Waals surface area (Å²) in [6, 6.07) is 17.4. The molecule has 4 heteroatoms. The Hall–Kier alpha value is -2.39. The van der Waals surface area contributed by atoms with Crippen molar-refractivity contribution in [1.29, 1.82) is 0 Å². The standard InChI is InChI=1S/C16H9ClN2O/c17-15-11(9-10-5-1-2-6-12(10)18-15)16-19-13-7-3-4-8-14(13)20-16/h1-9H. The van der Waals surface area contributed by atoms with Crippen molar-refractivity contribution in [1.82, 2.24) is 9.97 Å². The summed E-state index contributed by atoms with van der Waals surface area (Å²) in [5.41, 5.74) is 3.12. The second-order valence-electron chi connectivity index (χ2n) is 4.51.